The van der Waals surface area contributed by atoms with E-state index in [1.807, 2.05) is 13.8 Å². The van der Waals surface area contributed by atoms with Crippen LogP contribution in [0.2, 0.25) is 0 Å². The fourth-order valence-corrected chi connectivity index (χ4v) is 6.31. The topological polar surface area (TPSA) is 138 Å². The number of benzene rings is 2. The first kappa shape index (κ1) is 28.4. The number of carbonyl (C=O) groups is 1. The monoisotopic (exact) mass is 579 g/mol. The van der Waals surface area contributed by atoms with E-state index in [0.29, 0.717) is 41.4 Å². The SMILES string of the molecule is CCCc1n[nH]c2c(=O)[nH]c(Cc3cc(S(=O)(=O)N4CCC(=O)/C(=C/c5ccccc5F)C4)ccc3OCC)nc12. The molecule has 0 unspecified atom stereocenters. The maximum absolute atomic E-state index is 14.2. The Kier molecular flexibility index (Phi) is 8.13. The first-order valence-electron chi connectivity index (χ1n) is 13.4. The molecule has 41 heavy (non-hydrogen) atoms. The average molecular weight is 580 g/mol. The normalized spacial score (nSPS) is 15.6. The Morgan fingerprint density at radius 2 is 1.95 bits per heavy atom. The number of Topliss-reactive ketones (excluding diaryl/α,β-unsaturated/α-hetero) is 1. The summed E-state index contributed by atoms with van der Waals surface area (Å²) < 4.78 is 48.7. The Hall–Kier alpha value is -4.16. The third-order valence-corrected chi connectivity index (χ3v) is 8.73. The Balaban J connectivity index is 1.48. The van der Waals surface area contributed by atoms with Gasteiger partial charge in [-0.1, -0.05) is 31.5 Å². The standard InChI is InChI=1S/C29H30FN5O5S/c1-3-7-23-27-28(34-33-23)29(37)32-26(31-27)16-19-15-21(10-11-25(19)40-4-2)41(38,39)35-13-12-24(36)20(17-35)14-18-8-5-6-9-22(18)30/h5-6,8-11,14-15H,3-4,7,12-13,16-17H2,1-2H3,(H,33,34)(H,31,32,37)/b20-14+. The van der Waals surface area contributed by atoms with Crippen LogP contribution >= 0.6 is 0 Å². The Morgan fingerprint density at radius 3 is 2.71 bits per heavy atom. The average Bonchev–Trinajstić information content (AvgIpc) is 3.35. The zero-order chi connectivity index (χ0) is 29.1. The van der Waals surface area contributed by atoms with Crippen molar-refractivity contribution in [2.75, 3.05) is 19.7 Å². The number of piperidine rings is 1. The number of sulfonamides is 1. The molecule has 0 atom stereocenters. The second-order valence-corrected chi connectivity index (χ2v) is 11.7. The van der Waals surface area contributed by atoms with Gasteiger partial charge in [0.1, 0.15) is 28.4 Å². The molecular weight excluding hydrogens is 549 g/mol. The molecule has 0 bridgehead atoms. The summed E-state index contributed by atoms with van der Waals surface area (Å²) in [6.07, 6.45) is 2.98. The van der Waals surface area contributed by atoms with Gasteiger partial charge in [0.2, 0.25) is 10.0 Å². The summed E-state index contributed by atoms with van der Waals surface area (Å²) in [5, 5.41) is 6.95. The summed E-state index contributed by atoms with van der Waals surface area (Å²) in [6.45, 7) is 4.00. The van der Waals surface area contributed by atoms with Crippen molar-refractivity contribution >= 4 is 32.9 Å². The minimum Gasteiger partial charge on any atom is -0.494 e. The zero-order valence-corrected chi connectivity index (χ0v) is 23.6. The summed E-state index contributed by atoms with van der Waals surface area (Å²) in [6, 6.07) is 10.5. The summed E-state index contributed by atoms with van der Waals surface area (Å²) in [5.41, 5.74) is 2.05. The van der Waals surface area contributed by atoms with Crippen LogP contribution in [0.4, 0.5) is 4.39 Å². The summed E-state index contributed by atoms with van der Waals surface area (Å²) in [5.74, 6) is 0.0877. The smallest absolute Gasteiger partial charge is 0.276 e. The molecule has 2 aromatic heterocycles. The molecule has 214 valence electrons. The maximum Gasteiger partial charge on any atom is 0.276 e. The molecule has 1 saturated heterocycles. The van der Waals surface area contributed by atoms with E-state index in [2.05, 4.69) is 20.2 Å². The van der Waals surface area contributed by atoms with Crippen molar-refractivity contribution in [3.63, 3.8) is 0 Å². The number of ketones is 1. The Bertz CT molecular complexity index is 1810. The molecule has 2 aromatic carbocycles. The number of hydrogen-bond donors (Lipinski definition) is 2. The van der Waals surface area contributed by atoms with Crippen molar-refractivity contribution < 1.29 is 22.3 Å². The molecule has 5 rings (SSSR count). The van der Waals surface area contributed by atoms with E-state index in [-0.39, 0.29) is 58.8 Å². The highest BCUT2D eigenvalue weighted by Crippen LogP contribution is 2.29. The van der Waals surface area contributed by atoms with Gasteiger partial charge in [0, 0.05) is 42.6 Å². The number of aryl methyl sites for hydroxylation is 1. The second kappa shape index (κ2) is 11.8. The van der Waals surface area contributed by atoms with Crippen molar-refractivity contribution in [3.05, 3.63) is 86.9 Å². The number of carbonyl (C=O) groups excluding carboxylic acids is 1. The van der Waals surface area contributed by atoms with Gasteiger partial charge in [0.05, 0.1) is 17.2 Å². The molecule has 1 fully saturated rings. The zero-order valence-electron chi connectivity index (χ0n) is 22.7. The number of halogens is 1. The van der Waals surface area contributed by atoms with Crippen molar-refractivity contribution in [2.24, 2.45) is 0 Å². The number of nitrogens with zero attached hydrogens (tertiary/aromatic N) is 3. The number of aromatic amines is 2. The summed E-state index contributed by atoms with van der Waals surface area (Å²) in [7, 11) is -4.03. The number of fused-ring (bicyclic) bond motifs is 1. The molecule has 1 aliphatic heterocycles. The lowest BCUT2D eigenvalue weighted by molar-refractivity contribution is -0.116. The predicted molar refractivity (Wildman–Crippen MR) is 152 cm³/mol. The van der Waals surface area contributed by atoms with Gasteiger partial charge in [-0.05, 0) is 43.7 Å². The van der Waals surface area contributed by atoms with E-state index < -0.39 is 15.8 Å². The van der Waals surface area contributed by atoms with E-state index in [9.17, 15) is 22.4 Å². The molecule has 0 aliphatic carbocycles. The van der Waals surface area contributed by atoms with Crippen molar-refractivity contribution in [3.8, 4) is 5.75 Å². The van der Waals surface area contributed by atoms with Gasteiger partial charge < -0.3 is 9.72 Å². The molecule has 4 aromatic rings. The number of H-pyrrole nitrogens is 2. The van der Waals surface area contributed by atoms with Gasteiger partial charge in [-0.3, -0.25) is 14.7 Å². The third-order valence-electron chi connectivity index (χ3n) is 6.89. The number of hydrogen-bond acceptors (Lipinski definition) is 7. The van der Waals surface area contributed by atoms with E-state index >= 15 is 0 Å². The fourth-order valence-electron chi connectivity index (χ4n) is 4.84. The quantitative estimate of drug-likeness (QED) is 0.288. The molecule has 0 amide bonds. The molecular formula is C29H30FN5O5S. The van der Waals surface area contributed by atoms with Crippen LogP contribution in [0.1, 0.15) is 49.3 Å². The maximum atomic E-state index is 14.2. The van der Waals surface area contributed by atoms with Gasteiger partial charge in [-0.2, -0.15) is 9.40 Å². The Labute approximate surface area is 236 Å². The van der Waals surface area contributed by atoms with Crippen LogP contribution in [0.25, 0.3) is 17.1 Å². The lowest BCUT2D eigenvalue weighted by atomic mass is 10.0. The molecule has 2 N–H and O–H groups in total. The number of nitrogens with one attached hydrogen (secondary N) is 2. The fraction of sp³-hybridized carbons (Fsp3) is 0.310. The minimum absolute atomic E-state index is 0.00452. The molecule has 10 nitrogen and oxygen atoms in total. The highest BCUT2D eigenvalue weighted by Gasteiger charge is 2.32. The number of aromatic nitrogens is 4. The van der Waals surface area contributed by atoms with Crippen LogP contribution in [-0.4, -0.2) is 58.4 Å². The van der Waals surface area contributed by atoms with Gasteiger partial charge in [0.15, 0.2) is 5.78 Å². The first-order valence-corrected chi connectivity index (χ1v) is 14.9. The van der Waals surface area contributed by atoms with Gasteiger partial charge in [-0.15, -0.1) is 0 Å². The molecule has 0 spiro atoms. The van der Waals surface area contributed by atoms with Crippen molar-refractivity contribution in [1.82, 2.24) is 24.5 Å². The lowest BCUT2D eigenvalue weighted by Gasteiger charge is -2.27. The largest absolute Gasteiger partial charge is 0.494 e. The van der Waals surface area contributed by atoms with Crippen LogP contribution in [0.3, 0.4) is 0 Å². The molecule has 0 radical (unpaired) electrons. The van der Waals surface area contributed by atoms with Gasteiger partial charge in [0.25, 0.3) is 5.56 Å². The summed E-state index contributed by atoms with van der Waals surface area (Å²) in [4.78, 5) is 32.7. The van der Waals surface area contributed by atoms with Gasteiger partial charge >= 0.3 is 0 Å². The molecule has 12 heteroatoms. The van der Waals surface area contributed by atoms with E-state index in [1.165, 1.54) is 34.6 Å². The predicted octanol–water partition coefficient (Wildman–Crippen LogP) is 3.77. The first-order chi connectivity index (χ1) is 19.7. The third kappa shape index (κ3) is 5.84. The minimum atomic E-state index is -4.03. The molecule has 1 aliphatic rings. The van der Waals surface area contributed by atoms with Crippen LogP contribution < -0.4 is 10.3 Å². The number of rotatable bonds is 9. The highest BCUT2D eigenvalue weighted by molar-refractivity contribution is 7.89. The molecule has 0 saturated carbocycles. The highest BCUT2D eigenvalue weighted by atomic mass is 32.2. The van der Waals surface area contributed by atoms with E-state index in [0.717, 1.165) is 6.42 Å². The lowest BCUT2D eigenvalue weighted by Crippen LogP contribution is -2.40. The van der Waals surface area contributed by atoms with E-state index in [4.69, 9.17) is 4.74 Å². The van der Waals surface area contributed by atoms with Crippen LogP contribution in [0.5, 0.6) is 5.75 Å². The second-order valence-electron chi connectivity index (χ2n) is 9.74. The van der Waals surface area contributed by atoms with Crippen LogP contribution in [0, 0.1) is 5.82 Å². The van der Waals surface area contributed by atoms with Crippen LogP contribution in [-0.2, 0) is 27.7 Å². The molecule has 3 heterocycles. The van der Waals surface area contributed by atoms with Crippen molar-refractivity contribution in [2.45, 2.75) is 44.4 Å². The van der Waals surface area contributed by atoms with Crippen molar-refractivity contribution in [1.29, 1.82) is 0 Å². The number of ether oxygens (including phenoxy) is 1. The van der Waals surface area contributed by atoms with E-state index in [1.54, 1.807) is 18.2 Å². The Morgan fingerprint density at radius 1 is 1.15 bits per heavy atom. The van der Waals surface area contributed by atoms with Crippen LogP contribution in [0.15, 0.2) is 57.7 Å². The summed E-state index contributed by atoms with van der Waals surface area (Å²) >= 11 is 0. The van der Waals surface area contributed by atoms with Gasteiger partial charge in [-0.25, -0.2) is 17.8 Å².